The molecule has 2 aliphatic heterocycles. The molecule has 3 atom stereocenters. The van der Waals surface area contributed by atoms with Crippen molar-refractivity contribution in [3.05, 3.63) is 96.1 Å². The van der Waals surface area contributed by atoms with Crippen LogP contribution < -0.4 is 0 Å². The molecule has 5 nitrogen and oxygen atoms in total. The standard InChI is InChI=1S/C29H34N4O/c1-3-24(13-14-25-9-5-4-6-10-25)12-11-23(2)29-27-20-32(19-26-17-30-22-31-18-26)15-7-8-16-33(27)28(29)21-34/h3-6,9-12,17-18,22,27-29,34H,2,7-8,15-16,19-21H2,1H3/b12-11-,24-3+/t27-,28-,29-/m0/s1. The summed E-state index contributed by atoms with van der Waals surface area (Å²) in [5, 5.41) is 10.2. The zero-order valence-electron chi connectivity index (χ0n) is 20.0. The summed E-state index contributed by atoms with van der Waals surface area (Å²) < 4.78 is 0. The van der Waals surface area contributed by atoms with Crippen molar-refractivity contribution in [3.63, 3.8) is 0 Å². The first-order valence-electron chi connectivity index (χ1n) is 12.1. The Morgan fingerprint density at radius 3 is 2.65 bits per heavy atom. The molecule has 1 aromatic carbocycles. The number of allylic oxidation sites excluding steroid dienone is 4. The van der Waals surface area contributed by atoms with Gasteiger partial charge in [0.1, 0.15) is 6.33 Å². The van der Waals surface area contributed by atoms with E-state index in [9.17, 15) is 5.11 Å². The van der Waals surface area contributed by atoms with Gasteiger partial charge in [-0.2, -0.15) is 0 Å². The van der Waals surface area contributed by atoms with Crippen LogP contribution in [0.15, 0.2) is 85.0 Å². The van der Waals surface area contributed by atoms with Crippen molar-refractivity contribution in [1.29, 1.82) is 0 Å². The molecule has 2 aliphatic rings. The third-order valence-corrected chi connectivity index (χ3v) is 6.82. The van der Waals surface area contributed by atoms with E-state index < -0.39 is 0 Å². The number of hydrogen-bond donors (Lipinski definition) is 1. The number of rotatable bonds is 6. The largest absolute Gasteiger partial charge is 0.395 e. The molecule has 0 spiro atoms. The van der Waals surface area contributed by atoms with E-state index in [0.29, 0.717) is 6.04 Å². The zero-order valence-corrected chi connectivity index (χ0v) is 20.0. The van der Waals surface area contributed by atoms with Crippen molar-refractivity contribution >= 4 is 0 Å². The molecule has 1 N–H and O–H groups in total. The predicted molar refractivity (Wildman–Crippen MR) is 137 cm³/mol. The Morgan fingerprint density at radius 1 is 1.15 bits per heavy atom. The Morgan fingerprint density at radius 2 is 1.91 bits per heavy atom. The summed E-state index contributed by atoms with van der Waals surface area (Å²) in [5.74, 6) is 6.71. The number of hydrogen-bond acceptors (Lipinski definition) is 5. The molecule has 2 fully saturated rings. The van der Waals surface area contributed by atoms with E-state index in [1.54, 1.807) is 6.33 Å². The van der Waals surface area contributed by atoms with Crippen molar-refractivity contribution < 1.29 is 5.11 Å². The molecule has 0 saturated carbocycles. The summed E-state index contributed by atoms with van der Waals surface area (Å²) >= 11 is 0. The van der Waals surface area contributed by atoms with Crippen LogP contribution >= 0.6 is 0 Å². The van der Waals surface area contributed by atoms with Crippen LogP contribution in [-0.2, 0) is 6.54 Å². The van der Waals surface area contributed by atoms with E-state index >= 15 is 0 Å². The van der Waals surface area contributed by atoms with Gasteiger partial charge in [-0.15, -0.1) is 0 Å². The van der Waals surface area contributed by atoms with E-state index in [0.717, 1.165) is 61.3 Å². The van der Waals surface area contributed by atoms with Crippen LogP contribution in [-0.4, -0.2) is 63.2 Å². The molecule has 0 aliphatic carbocycles. The SMILES string of the molecule is C=C(/C=C\C(C#Cc1ccccc1)=C/C)[C@@H]1[C@H](CO)N2CCCCN(Cc3cncnc3)C[C@@H]12. The second kappa shape index (κ2) is 11.9. The highest BCUT2D eigenvalue weighted by atomic mass is 16.3. The van der Waals surface area contributed by atoms with Crippen molar-refractivity contribution in [1.82, 2.24) is 19.8 Å². The van der Waals surface area contributed by atoms with Gasteiger partial charge >= 0.3 is 0 Å². The molecular weight excluding hydrogens is 420 g/mol. The quantitative estimate of drug-likeness (QED) is 0.531. The van der Waals surface area contributed by atoms with E-state index in [-0.39, 0.29) is 18.6 Å². The molecule has 176 valence electrons. The van der Waals surface area contributed by atoms with E-state index in [4.69, 9.17) is 0 Å². The summed E-state index contributed by atoms with van der Waals surface area (Å²) in [5.41, 5.74) is 4.16. The van der Waals surface area contributed by atoms with Crippen LogP contribution in [0.4, 0.5) is 0 Å². The smallest absolute Gasteiger partial charge is 0.115 e. The predicted octanol–water partition coefficient (Wildman–Crippen LogP) is 3.84. The summed E-state index contributed by atoms with van der Waals surface area (Å²) in [7, 11) is 0. The highest BCUT2D eigenvalue weighted by molar-refractivity contribution is 5.46. The van der Waals surface area contributed by atoms with E-state index in [2.05, 4.69) is 50.3 Å². The molecule has 5 heteroatoms. The molecule has 0 radical (unpaired) electrons. The first-order chi connectivity index (χ1) is 16.7. The lowest BCUT2D eigenvalue weighted by molar-refractivity contribution is -0.0828. The Kier molecular flexibility index (Phi) is 8.43. The molecule has 2 aromatic rings. The molecule has 1 aromatic heterocycles. The second-order valence-electron chi connectivity index (χ2n) is 9.04. The second-order valence-corrected chi connectivity index (χ2v) is 9.04. The molecule has 0 bridgehead atoms. The molecule has 0 unspecified atom stereocenters. The number of aliphatic hydroxyl groups excluding tert-OH is 1. The van der Waals surface area contributed by atoms with Gasteiger partial charge in [0.15, 0.2) is 0 Å². The molecule has 3 heterocycles. The van der Waals surface area contributed by atoms with Gasteiger partial charge in [-0.3, -0.25) is 9.80 Å². The highest BCUT2D eigenvalue weighted by Gasteiger charge is 2.49. The van der Waals surface area contributed by atoms with Gasteiger partial charge in [-0.25, -0.2) is 9.97 Å². The Bertz CT molecular complexity index is 1070. The maximum Gasteiger partial charge on any atom is 0.115 e. The van der Waals surface area contributed by atoms with Crippen molar-refractivity contribution in [2.45, 2.75) is 38.4 Å². The summed E-state index contributed by atoms with van der Waals surface area (Å²) in [4.78, 5) is 13.3. The molecule has 4 rings (SSSR count). The minimum absolute atomic E-state index is 0.131. The Hall–Kier alpha value is -3.04. The van der Waals surface area contributed by atoms with Gasteiger partial charge in [0.05, 0.1) is 6.61 Å². The van der Waals surface area contributed by atoms with Gasteiger partial charge < -0.3 is 5.11 Å². The number of aliphatic hydroxyl groups is 1. The summed E-state index contributed by atoms with van der Waals surface area (Å²) in [6.07, 6.45) is 13.8. The van der Waals surface area contributed by atoms with Crippen molar-refractivity contribution in [3.8, 4) is 11.8 Å². The lowest BCUT2D eigenvalue weighted by Crippen LogP contribution is -2.69. The number of nitrogens with zero attached hydrogens (tertiary/aromatic N) is 4. The topological polar surface area (TPSA) is 52.5 Å². The van der Waals surface area contributed by atoms with E-state index in [1.807, 2.05) is 55.7 Å². The van der Waals surface area contributed by atoms with Gasteiger partial charge in [-0.05, 0) is 56.6 Å². The summed E-state index contributed by atoms with van der Waals surface area (Å²) in [6, 6.07) is 10.5. The Labute approximate surface area is 203 Å². The fourth-order valence-electron chi connectivity index (χ4n) is 5.06. The van der Waals surface area contributed by atoms with Crippen LogP contribution in [0.25, 0.3) is 0 Å². The fourth-order valence-corrected chi connectivity index (χ4v) is 5.06. The average Bonchev–Trinajstić information content (AvgIpc) is 2.86. The maximum absolute atomic E-state index is 10.2. The fraction of sp³-hybridized carbons (Fsp3) is 0.379. The van der Waals surface area contributed by atoms with Crippen molar-refractivity contribution in [2.75, 3.05) is 26.2 Å². The monoisotopic (exact) mass is 454 g/mol. The van der Waals surface area contributed by atoms with Gasteiger partial charge in [0.25, 0.3) is 0 Å². The van der Waals surface area contributed by atoms with Gasteiger partial charge in [0, 0.05) is 60.2 Å². The molecule has 0 amide bonds. The maximum atomic E-state index is 10.2. The van der Waals surface area contributed by atoms with Gasteiger partial charge in [-0.1, -0.05) is 48.8 Å². The van der Waals surface area contributed by atoms with Crippen LogP contribution in [0.1, 0.15) is 30.9 Å². The number of fused-ring (bicyclic) bond motifs is 1. The van der Waals surface area contributed by atoms with Crippen LogP contribution in [0.3, 0.4) is 0 Å². The molecular formula is C29H34N4O. The minimum Gasteiger partial charge on any atom is -0.395 e. The van der Waals surface area contributed by atoms with Crippen LogP contribution in [0.2, 0.25) is 0 Å². The summed E-state index contributed by atoms with van der Waals surface area (Å²) in [6.45, 7) is 10.5. The Balaban J connectivity index is 1.45. The lowest BCUT2D eigenvalue weighted by atomic mass is 9.74. The number of aromatic nitrogens is 2. The third-order valence-electron chi connectivity index (χ3n) is 6.82. The van der Waals surface area contributed by atoms with Gasteiger partial charge in [0.2, 0.25) is 0 Å². The van der Waals surface area contributed by atoms with Crippen LogP contribution in [0, 0.1) is 17.8 Å². The first kappa shape index (κ1) is 24.1. The lowest BCUT2D eigenvalue weighted by Gasteiger charge is -2.57. The first-order valence-corrected chi connectivity index (χ1v) is 12.1. The normalized spacial score (nSPS) is 23.8. The van der Waals surface area contributed by atoms with E-state index in [1.165, 1.54) is 0 Å². The third kappa shape index (κ3) is 5.90. The minimum atomic E-state index is 0.131. The molecule has 34 heavy (non-hydrogen) atoms. The van der Waals surface area contributed by atoms with Crippen LogP contribution in [0.5, 0.6) is 0 Å². The average molecular weight is 455 g/mol. The van der Waals surface area contributed by atoms with Crippen molar-refractivity contribution in [2.24, 2.45) is 5.92 Å². The molecule has 2 saturated heterocycles. The number of benzene rings is 1. The highest BCUT2D eigenvalue weighted by Crippen LogP contribution is 2.39. The zero-order chi connectivity index (χ0) is 23.8.